The van der Waals surface area contributed by atoms with Crippen molar-refractivity contribution in [2.24, 2.45) is 0 Å². The molecule has 1 fully saturated rings. The van der Waals surface area contributed by atoms with Gasteiger partial charge < -0.3 is 24.4 Å². The Labute approximate surface area is 146 Å². The fourth-order valence-electron chi connectivity index (χ4n) is 2.92. The van der Waals surface area contributed by atoms with Gasteiger partial charge in [0.15, 0.2) is 11.5 Å². The van der Waals surface area contributed by atoms with Crippen LogP contribution in [0.1, 0.15) is 18.4 Å². The Morgan fingerprint density at radius 3 is 2.80 bits per heavy atom. The number of fused-ring (bicyclic) bond motifs is 1. The highest BCUT2D eigenvalue weighted by Crippen LogP contribution is 2.35. The summed E-state index contributed by atoms with van der Waals surface area (Å²) in [7, 11) is 1.59. The van der Waals surface area contributed by atoms with E-state index in [0.717, 1.165) is 29.9 Å². The van der Waals surface area contributed by atoms with E-state index in [1.54, 1.807) is 7.11 Å². The third kappa shape index (κ3) is 3.33. The van der Waals surface area contributed by atoms with Gasteiger partial charge in [0, 0.05) is 12.6 Å². The van der Waals surface area contributed by atoms with E-state index in [1.165, 1.54) is 0 Å². The Morgan fingerprint density at radius 1 is 1.20 bits per heavy atom. The average Bonchev–Trinajstić information content (AvgIpc) is 3.36. The predicted octanol–water partition coefficient (Wildman–Crippen LogP) is 3.62. The molecule has 1 saturated carbocycles. The fraction of sp³-hybridized carbons (Fsp3) is 0.316. The topological polar surface area (TPSA) is 60.0 Å². The first kappa shape index (κ1) is 15.6. The van der Waals surface area contributed by atoms with E-state index in [-0.39, 0.29) is 18.9 Å². The van der Waals surface area contributed by atoms with Crippen LogP contribution in [0, 0.1) is 0 Å². The van der Waals surface area contributed by atoms with Gasteiger partial charge in [0.2, 0.25) is 6.79 Å². The number of amides is 2. The highest BCUT2D eigenvalue weighted by Gasteiger charge is 2.33. The molecule has 0 aromatic heterocycles. The summed E-state index contributed by atoms with van der Waals surface area (Å²) in [6.45, 7) is 0.779. The molecule has 0 radical (unpaired) electrons. The van der Waals surface area contributed by atoms with Crippen LogP contribution in [0.5, 0.6) is 17.2 Å². The zero-order chi connectivity index (χ0) is 17.2. The first-order valence-corrected chi connectivity index (χ1v) is 8.34. The molecule has 2 aromatic carbocycles. The number of methoxy groups -OCH3 is 1. The van der Waals surface area contributed by atoms with Crippen molar-refractivity contribution < 1.29 is 19.0 Å². The molecule has 6 nitrogen and oxygen atoms in total. The van der Waals surface area contributed by atoms with Crippen LogP contribution >= 0.6 is 0 Å². The number of benzene rings is 2. The third-order valence-corrected chi connectivity index (χ3v) is 4.39. The van der Waals surface area contributed by atoms with Crippen LogP contribution in [0.3, 0.4) is 0 Å². The van der Waals surface area contributed by atoms with Gasteiger partial charge in [-0.25, -0.2) is 4.79 Å². The van der Waals surface area contributed by atoms with Gasteiger partial charge in [0.1, 0.15) is 5.75 Å². The zero-order valence-electron chi connectivity index (χ0n) is 14.0. The fourth-order valence-corrected chi connectivity index (χ4v) is 2.92. The summed E-state index contributed by atoms with van der Waals surface area (Å²) >= 11 is 0. The van der Waals surface area contributed by atoms with E-state index in [9.17, 15) is 4.79 Å². The van der Waals surface area contributed by atoms with Crippen molar-refractivity contribution in [1.82, 2.24) is 4.90 Å². The highest BCUT2D eigenvalue weighted by molar-refractivity contribution is 5.91. The second-order valence-corrected chi connectivity index (χ2v) is 6.18. The van der Waals surface area contributed by atoms with Crippen LogP contribution in [0.4, 0.5) is 10.5 Å². The van der Waals surface area contributed by atoms with Crippen molar-refractivity contribution in [3.8, 4) is 17.2 Å². The normalized spacial score (nSPS) is 14.9. The molecule has 2 aliphatic rings. The summed E-state index contributed by atoms with van der Waals surface area (Å²) in [4.78, 5) is 14.7. The molecule has 2 amide bonds. The van der Waals surface area contributed by atoms with Gasteiger partial charge in [-0.15, -0.1) is 0 Å². The molecule has 0 bridgehead atoms. The standard InChI is InChI=1S/C19H20N2O4/c1-23-16-5-3-2-4-15(16)20-19(22)21(14-7-8-14)11-13-6-9-17-18(10-13)25-12-24-17/h2-6,9-10,14H,7-8,11-12H2,1H3,(H,20,22). The molecule has 1 N–H and O–H groups in total. The number of para-hydroxylation sites is 2. The monoisotopic (exact) mass is 340 g/mol. The number of hydrogen-bond acceptors (Lipinski definition) is 4. The van der Waals surface area contributed by atoms with E-state index in [2.05, 4.69) is 5.32 Å². The smallest absolute Gasteiger partial charge is 0.322 e. The summed E-state index contributed by atoms with van der Waals surface area (Å²) < 4.78 is 16.1. The SMILES string of the molecule is COc1ccccc1NC(=O)N(Cc1ccc2c(c1)OCO2)C1CC1. The van der Waals surface area contributed by atoms with Crippen molar-refractivity contribution >= 4 is 11.7 Å². The van der Waals surface area contributed by atoms with Gasteiger partial charge in [-0.3, -0.25) is 0 Å². The van der Waals surface area contributed by atoms with Gasteiger partial charge in [0.25, 0.3) is 0 Å². The summed E-state index contributed by atoms with van der Waals surface area (Å²) in [5.74, 6) is 2.13. The Hall–Kier alpha value is -2.89. The van der Waals surface area contributed by atoms with Gasteiger partial charge in [-0.05, 0) is 42.7 Å². The number of carbonyl (C=O) groups excluding carboxylic acids is 1. The molecule has 0 atom stereocenters. The lowest BCUT2D eigenvalue weighted by molar-refractivity contribution is 0.174. The number of hydrogen-bond donors (Lipinski definition) is 1. The molecule has 0 spiro atoms. The average molecular weight is 340 g/mol. The first-order chi connectivity index (χ1) is 12.2. The summed E-state index contributed by atoms with van der Waals surface area (Å²) in [5.41, 5.74) is 1.69. The van der Waals surface area contributed by atoms with E-state index in [1.807, 2.05) is 47.4 Å². The lowest BCUT2D eigenvalue weighted by Gasteiger charge is -2.23. The predicted molar refractivity (Wildman–Crippen MR) is 93.1 cm³/mol. The second-order valence-electron chi connectivity index (χ2n) is 6.18. The minimum absolute atomic E-state index is 0.121. The highest BCUT2D eigenvalue weighted by atomic mass is 16.7. The molecule has 4 rings (SSSR count). The molecular formula is C19H20N2O4. The van der Waals surface area contributed by atoms with E-state index >= 15 is 0 Å². The molecule has 25 heavy (non-hydrogen) atoms. The Balaban J connectivity index is 1.50. The first-order valence-electron chi connectivity index (χ1n) is 8.34. The van der Waals surface area contributed by atoms with Crippen LogP contribution in [-0.4, -0.2) is 30.9 Å². The second kappa shape index (κ2) is 6.55. The van der Waals surface area contributed by atoms with Crippen LogP contribution in [0.25, 0.3) is 0 Å². The number of nitrogens with zero attached hydrogens (tertiary/aromatic N) is 1. The van der Waals surface area contributed by atoms with Crippen molar-refractivity contribution in [3.05, 3.63) is 48.0 Å². The maximum atomic E-state index is 12.8. The van der Waals surface area contributed by atoms with Crippen LogP contribution in [0.15, 0.2) is 42.5 Å². The number of nitrogens with one attached hydrogen (secondary N) is 1. The number of carbonyl (C=O) groups is 1. The van der Waals surface area contributed by atoms with E-state index in [0.29, 0.717) is 18.0 Å². The zero-order valence-corrected chi connectivity index (χ0v) is 14.0. The molecule has 1 aliphatic heterocycles. The third-order valence-electron chi connectivity index (χ3n) is 4.39. The minimum atomic E-state index is -0.121. The lowest BCUT2D eigenvalue weighted by atomic mass is 10.2. The number of rotatable bonds is 5. The summed E-state index contributed by atoms with van der Waals surface area (Å²) in [6, 6.07) is 13.4. The summed E-state index contributed by atoms with van der Waals surface area (Å²) in [6.07, 6.45) is 2.06. The van der Waals surface area contributed by atoms with Crippen LogP contribution in [-0.2, 0) is 6.54 Å². The molecule has 1 aliphatic carbocycles. The van der Waals surface area contributed by atoms with Crippen LogP contribution < -0.4 is 19.5 Å². The van der Waals surface area contributed by atoms with Crippen LogP contribution in [0.2, 0.25) is 0 Å². The molecule has 0 unspecified atom stereocenters. The maximum absolute atomic E-state index is 12.8. The number of anilines is 1. The molecule has 130 valence electrons. The van der Waals surface area contributed by atoms with Gasteiger partial charge in [-0.1, -0.05) is 18.2 Å². The van der Waals surface area contributed by atoms with Gasteiger partial charge >= 0.3 is 6.03 Å². The maximum Gasteiger partial charge on any atom is 0.322 e. The van der Waals surface area contributed by atoms with Crippen molar-refractivity contribution in [1.29, 1.82) is 0 Å². The van der Waals surface area contributed by atoms with Gasteiger partial charge in [0.05, 0.1) is 12.8 Å². The largest absolute Gasteiger partial charge is 0.495 e. The van der Waals surface area contributed by atoms with Gasteiger partial charge in [-0.2, -0.15) is 0 Å². The Kier molecular flexibility index (Phi) is 4.09. The number of urea groups is 1. The quantitative estimate of drug-likeness (QED) is 0.903. The van der Waals surface area contributed by atoms with Crippen molar-refractivity contribution in [3.63, 3.8) is 0 Å². The van der Waals surface area contributed by atoms with E-state index in [4.69, 9.17) is 14.2 Å². The number of ether oxygens (including phenoxy) is 3. The molecule has 6 heteroatoms. The minimum Gasteiger partial charge on any atom is -0.495 e. The molecular weight excluding hydrogens is 320 g/mol. The summed E-state index contributed by atoms with van der Waals surface area (Å²) in [5, 5.41) is 2.96. The van der Waals surface area contributed by atoms with Crippen molar-refractivity contribution in [2.45, 2.75) is 25.4 Å². The molecule has 1 heterocycles. The van der Waals surface area contributed by atoms with E-state index < -0.39 is 0 Å². The molecule has 2 aromatic rings. The Morgan fingerprint density at radius 2 is 2.00 bits per heavy atom. The molecule has 0 saturated heterocycles. The Bertz CT molecular complexity index is 789. The lowest BCUT2D eigenvalue weighted by Crippen LogP contribution is -2.36. The van der Waals surface area contributed by atoms with Crippen molar-refractivity contribution in [2.75, 3.05) is 19.2 Å².